The second kappa shape index (κ2) is 7.90. The van der Waals surface area contributed by atoms with Crippen LogP contribution >= 0.6 is 0 Å². The van der Waals surface area contributed by atoms with Crippen LogP contribution in [0.1, 0.15) is 37.0 Å². The van der Waals surface area contributed by atoms with Crippen molar-refractivity contribution in [1.29, 1.82) is 0 Å². The lowest BCUT2D eigenvalue weighted by Crippen LogP contribution is -2.50. The molecule has 1 saturated heterocycles. The molecule has 7 heteroatoms. The number of aromatic nitrogens is 1. The lowest BCUT2D eigenvalue weighted by Gasteiger charge is -2.33. The summed E-state index contributed by atoms with van der Waals surface area (Å²) >= 11 is 0. The first kappa shape index (κ1) is 17.9. The number of rotatable bonds is 5. The number of carbonyl (C=O) groups is 3. The highest BCUT2D eigenvalue weighted by molar-refractivity contribution is 5.94. The molecule has 0 bridgehead atoms. The summed E-state index contributed by atoms with van der Waals surface area (Å²) in [7, 11) is 0. The zero-order chi connectivity index (χ0) is 17.7. The summed E-state index contributed by atoms with van der Waals surface area (Å²) in [6.45, 7) is 4.40. The predicted molar refractivity (Wildman–Crippen MR) is 87.3 cm³/mol. The fraction of sp³-hybridized carbons (Fsp3) is 0.529. The molecule has 2 N–H and O–H groups in total. The van der Waals surface area contributed by atoms with Gasteiger partial charge in [-0.25, -0.2) is 4.79 Å². The Labute approximate surface area is 141 Å². The van der Waals surface area contributed by atoms with E-state index in [9.17, 15) is 19.5 Å². The van der Waals surface area contributed by atoms with Crippen molar-refractivity contribution >= 4 is 17.8 Å². The number of hydrogen-bond acceptors (Lipinski definition) is 4. The van der Waals surface area contributed by atoms with Gasteiger partial charge >= 0.3 is 5.97 Å². The monoisotopic (exact) mass is 333 g/mol. The molecule has 2 amide bonds. The molecule has 2 rings (SSSR count). The summed E-state index contributed by atoms with van der Waals surface area (Å²) in [4.78, 5) is 41.6. The summed E-state index contributed by atoms with van der Waals surface area (Å²) < 4.78 is 0. The molecule has 2 atom stereocenters. The Balaban J connectivity index is 2.01. The van der Waals surface area contributed by atoms with Crippen molar-refractivity contribution < 1.29 is 19.5 Å². The quantitative estimate of drug-likeness (QED) is 0.842. The Kier molecular flexibility index (Phi) is 5.89. The van der Waals surface area contributed by atoms with Gasteiger partial charge in [0.15, 0.2) is 0 Å². The molecular formula is C17H23N3O4. The largest absolute Gasteiger partial charge is 0.480 e. The van der Waals surface area contributed by atoms with Gasteiger partial charge in [-0.05, 0) is 30.9 Å². The van der Waals surface area contributed by atoms with E-state index in [0.717, 1.165) is 0 Å². The second-order valence-electron chi connectivity index (χ2n) is 6.39. The van der Waals surface area contributed by atoms with Gasteiger partial charge in [-0.2, -0.15) is 0 Å². The Morgan fingerprint density at radius 1 is 1.29 bits per heavy atom. The summed E-state index contributed by atoms with van der Waals surface area (Å²) in [6.07, 6.45) is 4.48. The first-order chi connectivity index (χ1) is 11.4. The number of carbonyl (C=O) groups excluding carboxylic acids is 2. The third-order valence-electron chi connectivity index (χ3n) is 4.24. The normalized spacial score (nSPS) is 19.0. The molecule has 2 heterocycles. The van der Waals surface area contributed by atoms with E-state index in [0.29, 0.717) is 31.5 Å². The molecule has 0 saturated carbocycles. The van der Waals surface area contributed by atoms with Crippen LogP contribution in [0.5, 0.6) is 0 Å². The van der Waals surface area contributed by atoms with Gasteiger partial charge in [0.2, 0.25) is 5.91 Å². The fourth-order valence-corrected chi connectivity index (χ4v) is 2.84. The molecule has 24 heavy (non-hydrogen) atoms. The van der Waals surface area contributed by atoms with E-state index in [4.69, 9.17) is 0 Å². The highest BCUT2D eigenvalue weighted by Gasteiger charge is 2.32. The maximum Gasteiger partial charge on any atom is 0.326 e. The predicted octanol–water partition coefficient (Wildman–Crippen LogP) is 1.16. The molecule has 0 aromatic carbocycles. The first-order valence-corrected chi connectivity index (χ1v) is 8.12. The van der Waals surface area contributed by atoms with E-state index in [2.05, 4.69) is 10.3 Å². The van der Waals surface area contributed by atoms with Crippen LogP contribution in [0.15, 0.2) is 24.5 Å². The number of amides is 2. The number of likely N-dealkylation sites (tertiary alicyclic amines) is 1. The van der Waals surface area contributed by atoms with E-state index in [-0.39, 0.29) is 23.7 Å². The number of pyridine rings is 1. The van der Waals surface area contributed by atoms with Gasteiger partial charge in [0.25, 0.3) is 5.91 Å². The van der Waals surface area contributed by atoms with Gasteiger partial charge in [-0.15, -0.1) is 0 Å². The van der Waals surface area contributed by atoms with E-state index in [1.54, 1.807) is 43.3 Å². The maximum atomic E-state index is 12.5. The third kappa shape index (κ3) is 4.31. The van der Waals surface area contributed by atoms with Gasteiger partial charge in [-0.1, -0.05) is 13.8 Å². The summed E-state index contributed by atoms with van der Waals surface area (Å²) in [5.41, 5.74) is 0.539. The van der Waals surface area contributed by atoms with Crippen LogP contribution in [0, 0.1) is 11.8 Å². The summed E-state index contributed by atoms with van der Waals surface area (Å²) in [5.74, 6) is -2.06. The number of carboxylic acids is 1. The fourth-order valence-electron chi connectivity index (χ4n) is 2.84. The summed E-state index contributed by atoms with van der Waals surface area (Å²) in [5, 5.41) is 11.8. The van der Waals surface area contributed by atoms with Crippen molar-refractivity contribution in [3.05, 3.63) is 30.1 Å². The van der Waals surface area contributed by atoms with E-state index < -0.39 is 12.0 Å². The molecule has 130 valence electrons. The lowest BCUT2D eigenvalue weighted by molar-refractivity contribution is -0.144. The smallest absolute Gasteiger partial charge is 0.326 e. The maximum absolute atomic E-state index is 12.5. The van der Waals surface area contributed by atoms with Crippen LogP contribution in [0.4, 0.5) is 0 Å². The van der Waals surface area contributed by atoms with Crippen LogP contribution in [0.2, 0.25) is 0 Å². The van der Waals surface area contributed by atoms with Crippen molar-refractivity contribution in [2.24, 2.45) is 11.8 Å². The molecule has 0 radical (unpaired) electrons. The number of hydrogen-bond donors (Lipinski definition) is 2. The highest BCUT2D eigenvalue weighted by Crippen LogP contribution is 2.19. The minimum atomic E-state index is -1.04. The van der Waals surface area contributed by atoms with Crippen LogP contribution < -0.4 is 5.32 Å². The molecule has 0 spiro atoms. The van der Waals surface area contributed by atoms with Crippen molar-refractivity contribution in [2.75, 3.05) is 13.1 Å². The number of nitrogens with zero attached hydrogens (tertiary/aromatic N) is 2. The second-order valence-corrected chi connectivity index (χ2v) is 6.39. The number of piperidine rings is 1. The highest BCUT2D eigenvalue weighted by atomic mass is 16.4. The van der Waals surface area contributed by atoms with Crippen LogP contribution in [-0.4, -0.2) is 51.9 Å². The molecule has 0 aliphatic carbocycles. The zero-order valence-corrected chi connectivity index (χ0v) is 13.9. The number of nitrogens with one attached hydrogen (secondary N) is 1. The molecule has 1 fully saturated rings. The van der Waals surface area contributed by atoms with Gasteiger partial charge in [0.1, 0.15) is 6.04 Å². The lowest BCUT2D eigenvalue weighted by atomic mass is 9.95. The van der Waals surface area contributed by atoms with E-state index >= 15 is 0 Å². The van der Waals surface area contributed by atoms with Crippen LogP contribution in [-0.2, 0) is 9.59 Å². The van der Waals surface area contributed by atoms with Gasteiger partial charge < -0.3 is 15.3 Å². The minimum absolute atomic E-state index is 0.131. The molecular weight excluding hydrogens is 310 g/mol. The Morgan fingerprint density at radius 2 is 1.96 bits per heavy atom. The van der Waals surface area contributed by atoms with Crippen molar-refractivity contribution in [3.63, 3.8) is 0 Å². The van der Waals surface area contributed by atoms with E-state index in [1.165, 1.54) is 0 Å². The van der Waals surface area contributed by atoms with Crippen LogP contribution in [0.3, 0.4) is 0 Å². The third-order valence-corrected chi connectivity index (χ3v) is 4.24. The van der Waals surface area contributed by atoms with E-state index in [1.807, 2.05) is 0 Å². The molecule has 7 nitrogen and oxygen atoms in total. The molecule has 1 aromatic rings. The number of carboxylic acid groups (broad SMARTS) is 1. The van der Waals surface area contributed by atoms with Crippen molar-refractivity contribution in [1.82, 2.24) is 15.2 Å². The number of aliphatic carboxylic acids is 1. The van der Waals surface area contributed by atoms with Gasteiger partial charge in [-0.3, -0.25) is 14.6 Å². The Hall–Kier alpha value is -2.44. The molecule has 1 aliphatic rings. The standard InChI is InChI=1S/C17H23N3O4/c1-11(2)14(17(23)24)19-15(21)13-4-3-9-20(10-13)16(22)12-5-7-18-8-6-12/h5-8,11,13-14H,3-4,9-10H2,1-2H3,(H,19,21)(H,23,24)/t13?,14-/m1/s1. The average Bonchev–Trinajstić information content (AvgIpc) is 2.59. The average molecular weight is 333 g/mol. The SMILES string of the molecule is CC(C)[C@@H](NC(=O)C1CCCN(C(=O)c2ccncc2)C1)C(=O)O. The van der Waals surface area contributed by atoms with Crippen molar-refractivity contribution in [2.45, 2.75) is 32.7 Å². The van der Waals surface area contributed by atoms with Crippen molar-refractivity contribution in [3.8, 4) is 0 Å². The minimum Gasteiger partial charge on any atom is -0.480 e. The van der Waals surface area contributed by atoms with Gasteiger partial charge in [0, 0.05) is 31.0 Å². The Bertz CT molecular complexity index is 603. The van der Waals surface area contributed by atoms with Crippen LogP contribution in [0.25, 0.3) is 0 Å². The molecule has 1 aromatic heterocycles. The molecule has 1 aliphatic heterocycles. The molecule has 1 unspecified atom stereocenters. The Morgan fingerprint density at radius 3 is 2.54 bits per heavy atom. The first-order valence-electron chi connectivity index (χ1n) is 8.12. The van der Waals surface area contributed by atoms with Gasteiger partial charge in [0.05, 0.1) is 5.92 Å². The topological polar surface area (TPSA) is 99.6 Å². The summed E-state index contributed by atoms with van der Waals surface area (Å²) in [6, 6.07) is 2.38. The zero-order valence-electron chi connectivity index (χ0n) is 13.9.